The van der Waals surface area contributed by atoms with Crippen molar-refractivity contribution in [2.24, 2.45) is 0 Å². The molecule has 0 aliphatic rings. The fraction of sp³-hybridized carbons (Fsp3) is 0.357. The zero-order valence-electron chi connectivity index (χ0n) is 11.1. The molecule has 0 saturated carbocycles. The smallest absolute Gasteiger partial charge is 0.244 e. The molecule has 0 fully saturated rings. The van der Waals surface area contributed by atoms with Gasteiger partial charge in [-0.15, -0.1) is 0 Å². The van der Waals surface area contributed by atoms with Crippen LogP contribution < -0.4 is 10.1 Å². The van der Waals surface area contributed by atoms with E-state index >= 15 is 0 Å². The fourth-order valence-corrected chi connectivity index (χ4v) is 1.79. The lowest BCUT2D eigenvalue weighted by atomic mass is 10.1. The zero-order chi connectivity index (χ0) is 13.8. The van der Waals surface area contributed by atoms with Gasteiger partial charge in [0.25, 0.3) is 0 Å². The molecular weight excluding hydrogens is 294 g/mol. The van der Waals surface area contributed by atoms with Crippen LogP contribution in [0.25, 0.3) is 6.08 Å². The summed E-state index contributed by atoms with van der Waals surface area (Å²) in [6.45, 7) is 5.83. The van der Waals surface area contributed by atoms with E-state index in [0.29, 0.717) is 0 Å². The number of nitrogens with one attached hydrogen (secondary N) is 1. The molecular formula is C14H18BrNO2. The normalized spacial score (nSPS) is 11.6. The van der Waals surface area contributed by atoms with Crippen molar-refractivity contribution in [1.82, 2.24) is 5.32 Å². The summed E-state index contributed by atoms with van der Waals surface area (Å²) < 4.78 is 6.17. The third-order valence-electron chi connectivity index (χ3n) is 2.10. The molecule has 0 aliphatic heterocycles. The minimum absolute atomic E-state index is 0.121. The molecule has 0 bridgehead atoms. The van der Waals surface area contributed by atoms with Crippen LogP contribution in [0.1, 0.15) is 26.3 Å². The van der Waals surface area contributed by atoms with Crippen LogP contribution in [0.2, 0.25) is 0 Å². The predicted octanol–water partition coefficient (Wildman–Crippen LogP) is 3.39. The van der Waals surface area contributed by atoms with Gasteiger partial charge in [0.15, 0.2) is 0 Å². The van der Waals surface area contributed by atoms with E-state index in [1.807, 2.05) is 39.0 Å². The number of carbonyl (C=O) groups is 1. The summed E-state index contributed by atoms with van der Waals surface area (Å²) in [5.41, 5.74) is 0.624. The molecule has 0 radical (unpaired) electrons. The van der Waals surface area contributed by atoms with Crippen molar-refractivity contribution in [3.63, 3.8) is 0 Å². The number of hydrogen-bond donors (Lipinski definition) is 1. The second kappa shape index (κ2) is 6.05. The maximum atomic E-state index is 11.7. The average molecular weight is 312 g/mol. The molecule has 98 valence electrons. The number of amides is 1. The fourth-order valence-electron chi connectivity index (χ4n) is 1.41. The van der Waals surface area contributed by atoms with Gasteiger partial charge in [-0.05, 0) is 45.0 Å². The third-order valence-corrected chi connectivity index (χ3v) is 2.60. The van der Waals surface area contributed by atoms with Crippen molar-refractivity contribution in [2.45, 2.75) is 26.3 Å². The Morgan fingerprint density at radius 3 is 2.61 bits per heavy atom. The molecule has 1 aromatic rings. The Morgan fingerprint density at radius 2 is 2.06 bits per heavy atom. The molecule has 1 N–H and O–H groups in total. The highest BCUT2D eigenvalue weighted by molar-refractivity contribution is 9.10. The molecule has 4 heteroatoms. The van der Waals surface area contributed by atoms with Crippen molar-refractivity contribution in [2.75, 3.05) is 7.11 Å². The molecule has 3 nitrogen and oxygen atoms in total. The van der Waals surface area contributed by atoms with E-state index in [-0.39, 0.29) is 11.4 Å². The second-order valence-corrected chi connectivity index (χ2v) is 5.87. The first-order valence-electron chi connectivity index (χ1n) is 5.65. The summed E-state index contributed by atoms with van der Waals surface area (Å²) in [5, 5.41) is 2.86. The highest BCUT2D eigenvalue weighted by atomic mass is 79.9. The molecule has 0 aromatic heterocycles. The maximum absolute atomic E-state index is 11.7. The van der Waals surface area contributed by atoms with Crippen LogP contribution in [0.15, 0.2) is 28.7 Å². The lowest BCUT2D eigenvalue weighted by Crippen LogP contribution is -2.39. The maximum Gasteiger partial charge on any atom is 0.244 e. The van der Waals surface area contributed by atoms with Crippen molar-refractivity contribution in [1.29, 1.82) is 0 Å². The summed E-state index contributed by atoms with van der Waals surface area (Å²) in [6, 6.07) is 5.65. The summed E-state index contributed by atoms with van der Waals surface area (Å²) in [4.78, 5) is 11.7. The first-order chi connectivity index (χ1) is 8.31. The number of rotatable bonds is 3. The van der Waals surface area contributed by atoms with E-state index in [2.05, 4.69) is 21.2 Å². The van der Waals surface area contributed by atoms with Crippen LogP contribution in [-0.2, 0) is 4.79 Å². The van der Waals surface area contributed by atoms with Gasteiger partial charge in [-0.25, -0.2) is 0 Å². The summed E-state index contributed by atoms with van der Waals surface area (Å²) >= 11 is 3.39. The highest BCUT2D eigenvalue weighted by Crippen LogP contribution is 2.24. The summed E-state index contributed by atoms with van der Waals surface area (Å²) in [6.07, 6.45) is 3.25. The lowest BCUT2D eigenvalue weighted by Gasteiger charge is -2.19. The summed E-state index contributed by atoms with van der Waals surface area (Å²) in [5.74, 6) is 0.613. The van der Waals surface area contributed by atoms with E-state index in [1.165, 1.54) is 6.08 Å². The van der Waals surface area contributed by atoms with Crippen molar-refractivity contribution >= 4 is 27.9 Å². The van der Waals surface area contributed by atoms with Gasteiger partial charge in [0, 0.05) is 21.7 Å². The van der Waals surface area contributed by atoms with E-state index in [9.17, 15) is 4.79 Å². The average Bonchev–Trinajstić information content (AvgIpc) is 2.24. The minimum Gasteiger partial charge on any atom is -0.496 e. The van der Waals surface area contributed by atoms with Crippen LogP contribution in [0, 0.1) is 0 Å². The quantitative estimate of drug-likeness (QED) is 0.869. The van der Waals surface area contributed by atoms with E-state index in [4.69, 9.17) is 4.74 Å². The van der Waals surface area contributed by atoms with Gasteiger partial charge in [-0.1, -0.05) is 15.9 Å². The monoisotopic (exact) mass is 311 g/mol. The lowest BCUT2D eigenvalue weighted by molar-refractivity contribution is -0.117. The Balaban J connectivity index is 2.84. The number of benzene rings is 1. The Bertz CT molecular complexity index is 461. The Hall–Kier alpha value is -1.29. The number of carbonyl (C=O) groups excluding carboxylic acids is 1. The van der Waals surface area contributed by atoms with Crippen molar-refractivity contribution in [3.05, 3.63) is 34.3 Å². The third kappa shape index (κ3) is 4.92. The van der Waals surface area contributed by atoms with Gasteiger partial charge in [0.05, 0.1) is 7.11 Å². The molecule has 1 aromatic carbocycles. The van der Waals surface area contributed by atoms with E-state index in [0.717, 1.165) is 15.8 Å². The van der Waals surface area contributed by atoms with E-state index < -0.39 is 0 Å². The van der Waals surface area contributed by atoms with Crippen LogP contribution in [0.3, 0.4) is 0 Å². The SMILES string of the molecule is COc1ccc(Br)cc1C=CC(=O)NC(C)(C)C. The van der Waals surface area contributed by atoms with Gasteiger partial charge < -0.3 is 10.1 Å². The van der Waals surface area contributed by atoms with Crippen molar-refractivity contribution in [3.8, 4) is 5.75 Å². The topological polar surface area (TPSA) is 38.3 Å². The first-order valence-corrected chi connectivity index (χ1v) is 6.45. The number of methoxy groups -OCH3 is 1. The van der Waals surface area contributed by atoms with E-state index in [1.54, 1.807) is 13.2 Å². The van der Waals surface area contributed by atoms with Gasteiger partial charge in [-0.2, -0.15) is 0 Å². The number of hydrogen-bond acceptors (Lipinski definition) is 2. The number of ether oxygens (including phenoxy) is 1. The Kier molecular flexibility index (Phi) is 4.96. The number of halogens is 1. The van der Waals surface area contributed by atoms with Crippen LogP contribution in [0.5, 0.6) is 5.75 Å². The van der Waals surface area contributed by atoms with Crippen LogP contribution in [-0.4, -0.2) is 18.6 Å². The largest absolute Gasteiger partial charge is 0.496 e. The highest BCUT2D eigenvalue weighted by Gasteiger charge is 2.11. The molecule has 18 heavy (non-hydrogen) atoms. The predicted molar refractivity (Wildman–Crippen MR) is 77.6 cm³/mol. The second-order valence-electron chi connectivity index (χ2n) is 4.96. The van der Waals surface area contributed by atoms with Gasteiger partial charge in [-0.3, -0.25) is 4.79 Å². The molecule has 1 amide bonds. The molecule has 0 atom stereocenters. The molecule has 1 rings (SSSR count). The van der Waals surface area contributed by atoms with Gasteiger partial charge in [0.2, 0.25) is 5.91 Å². The standard InChI is InChI=1S/C14H18BrNO2/c1-14(2,3)16-13(17)8-5-10-9-11(15)6-7-12(10)18-4/h5-9H,1-4H3,(H,16,17). The van der Waals surface area contributed by atoms with Gasteiger partial charge in [0.1, 0.15) is 5.75 Å². The molecule has 0 spiro atoms. The Morgan fingerprint density at radius 1 is 1.39 bits per heavy atom. The Labute approximate surface area is 116 Å². The summed E-state index contributed by atoms with van der Waals surface area (Å²) in [7, 11) is 1.61. The minimum atomic E-state index is -0.233. The molecule has 0 heterocycles. The molecule has 0 unspecified atom stereocenters. The van der Waals surface area contributed by atoms with Crippen LogP contribution in [0.4, 0.5) is 0 Å². The zero-order valence-corrected chi connectivity index (χ0v) is 12.7. The molecule has 0 saturated heterocycles. The van der Waals surface area contributed by atoms with Crippen LogP contribution >= 0.6 is 15.9 Å². The van der Waals surface area contributed by atoms with Gasteiger partial charge >= 0.3 is 0 Å². The molecule has 0 aliphatic carbocycles. The first kappa shape index (κ1) is 14.8. The van der Waals surface area contributed by atoms with Crippen molar-refractivity contribution < 1.29 is 9.53 Å².